The first-order chi connectivity index (χ1) is 15.5. The number of nitrogens with one attached hydrogen (secondary N) is 1. The Kier molecular flexibility index (Phi) is 8.92. The summed E-state index contributed by atoms with van der Waals surface area (Å²) in [5, 5.41) is 9.88. The van der Waals surface area contributed by atoms with Crippen molar-refractivity contribution in [3.63, 3.8) is 0 Å². The van der Waals surface area contributed by atoms with Gasteiger partial charge in [0, 0.05) is 19.6 Å². The normalized spacial score (nSPS) is 14.6. The maximum Gasteiger partial charge on any atom is 0.244 e. The van der Waals surface area contributed by atoms with Crippen LogP contribution < -0.4 is 14.4 Å². The molecule has 1 heterocycles. The van der Waals surface area contributed by atoms with Gasteiger partial charge in [-0.3, -0.25) is 0 Å². The van der Waals surface area contributed by atoms with Crippen LogP contribution in [0.1, 0.15) is 38.2 Å². The van der Waals surface area contributed by atoms with E-state index in [0.717, 1.165) is 45.6 Å². The molecule has 1 aliphatic heterocycles. The topological polar surface area (TPSA) is 82.1 Å². The Morgan fingerprint density at radius 3 is 2.47 bits per heavy atom. The molecule has 176 valence electrons. The Bertz CT molecular complexity index is 961. The number of sulfonamides is 1. The molecule has 1 fully saturated rings. The van der Waals surface area contributed by atoms with Crippen LogP contribution in [-0.2, 0) is 16.6 Å². The van der Waals surface area contributed by atoms with Crippen LogP contribution in [0.2, 0.25) is 0 Å². The second kappa shape index (κ2) is 11.7. The van der Waals surface area contributed by atoms with Gasteiger partial charge in [-0.1, -0.05) is 31.5 Å². The van der Waals surface area contributed by atoms with Gasteiger partial charge in [-0.2, -0.15) is 0 Å². The lowest BCUT2D eigenvalue weighted by Crippen LogP contribution is -2.35. The number of ether oxygens (including phenoxy) is 1. The first-order valence-corrected chi connectivity index (χ1v) is 12.9. The van der Waals surface area contributed by atoms with E-state index in [1.165, 1.54) is 26.0 Å². The van der Waals surface area contributed by atoms with Gasteiger partial charge >= 0.3 is 0 Å². The van der Waals surface area contributed by atoms with Gasteiger partial charge in [-0.15, -0.1) is 0 Å². The SMILES string of the molecule is CCCCN(CCN1CCCC1)c1cc(CO)cc(S(=O)(=O)NC)c1Oc1ccccc1. The summed E-state index contributed by atoms with van der Waals surface area (Å²) in [7, 11) is -2.43. The molecule has 0 unspecified atom stereocenters. The van der Waals surface area contributed by atoms with Crippen LogP contribution in [-0.4, -0.2) is 58.2 Å². The van der Waals surface area contributed by atoms with E-state index >= 15 is 0 Å². The smallest absolute Gasteiger partial charge is 0.244 e. The van der Waals surface area contributed by atoms with Gasteiger partial charge in [0.2, 0.25) is 10.0 Å². The molecule has 0 saturated carbocycles. The molecule has 2 aromatic rings. The van der Waals surface area contributed by atoms with Gasteiger partial charge in [0.05, 0.1) is 12.3 Å². The summed E-state index contributed by atoms with van der Waals surface area (Å²) in [6, 6.07) is 12.5. The number of aliphatic hydroxyl groups is 1. The molecule has 3 rings (SSSR count). The predicted molar refractivity (Wildman–Crippen MR) is 128 cm³/mol. The number of para-hydroxylation sites is 1. The number of aliphatic hydroxyl groups excluding tert-OH is 1. The van der Waals surface area contributed by atoms with Crippen LogP contribution in [0, 0.1) is 0 Å². The summed E-state index contributed by atoms with van der Waals surface area (Å²) < 4.78 is 34.5. The Morgan fingerprint density at radius 1 is 1.12 bits per heavy atom. The Hall–Kier alpha value is -2.13. The number of hydrogen-bond acceptors (Lipinski definition) is 6. The van der Waals surface area contributed by atoms with Crippen LogP contribution in [0.15, 0.2) is 47.4 Å². The standard InChI is InChI=1S/C24H35N3O4S/c1-3-4-14-27(16-15-26-12-8-9-13-26)22-17-20(19-28)18-23(32(29,30)25-2)24(22)31-21-10-6-5-7-11-21/h5-7,10-11,17-18,25,28H,3-4,8-9,12-16,19H2,1-2H3. The molecule has 1 saturated heterocycles. The second-order valence-corrected chi connectivity index (χ2v) is 9.97. The fraction of sp³-hybridized carbons (Fsp3) is 0.500. The first-order valence-electron chi connectivity index (χ1n) is 11.4. The fourth-order valence-corrected chi connectivity index (χ4v) is 4.87. The van der Waals surface area contributed by atoms with Crippen molar-refractivity contribution in [1.82, 2.24) is 9.62 Å². The van der Waals surface area contributed by atoms with Gasteiger partial charge < -0.3 is 19.6 Å². The van der Waals surface area contributed by atoms with E-state index in [0.29, 0.717) is 22.7 Å². The molecule has 0 amide bonds. The van der Waals surface area contributed by atoms with Crippen LogP contribution in [0.3, 0.4) is 0 Å². The molecule has 2 aromatic carbocycles. The second-order valence-electron chi connectivity index (χ2n) is 8.11. The molecule has 0 atom stereocenters. The van der Waals surface area contributed by atoms with Gasteiger partial charge in [-0.25, -0.2) is 13.1 Å². The lowest BCUT2D eigenvalue weighted by atomic mass is 10.1. The highest BCUT2D eigenvalue weighted by Gasteiger charge is 2.26. The molecule has 1 aliphatic rings. The summed E-state index contributed by atoms with van der Waals surface area (Å²) in [5.74, 6) is 0.855. The molecule has 0 bridgehead atoms. The van der Waals surface area contributed by atoms with E-state index in [4.69, 9.17) is 4.74 Å². The van der Waals surface area contributed by atoms with E-state index in [1.807, 2.05) is 24.3 Å². The minimum Gasteiger partial charge on any atom is -0.454 e. The third-order valence-corrected chi connectivity index (χ3v) is 7.23. The maximum atomic E-state index is 12.9. The molecule has 7 nitrogen and oxygen atoms in total. The van der Waals surface area contributed by atoms with E-state index in [1.54, 1.807) is 12.1 Å². The average molecular weight is 462 g/mol. The largest absolute Gasteiger partial charge is 0.454 e. The number of nitrogens with zero attached hydrogens (tertiary/aromatic N) is 2. The van der Waals surface area contributed by atoms with Crippen molar-refractivity contribution in [3.05, 3.63) is 48.0 Å². The molecule has 0 radical (unpaired) electrons. The highest BCUT2D eigenvalue weighted by Crippen LogP contribution is 2.40. The number of unbranched alkanes of at least 4 members (excludes halogenated alkanes) is 1. The number of benzene rings is 2. The minimum atomic E-state index is -3.81. The van der Waals surface area contributed by atoms with Crippen LogP contribution >= 0.6 is 0 Å². The van der Waals surface area contributed by atoms with E-state index < -0.39 is 10.0 Å². The molecule has 0 aliphatic carbocycles. The third-order valence-electron chi connectivity index (χ3n) is 5.81. The number of anilines is 1. The first kappa shape index (κ1) is 24.5. The van der Waals surface area contributed by atoms with E-state index in [2.05, 4.69) is 21.4 Å². The van der Waals surface area contributed by atoms with Crippen molar-refractivity contribution in [1.29, 1.82) is 0 Å². The van der Waals surface area contributed by atoms with Gasteiger partial charge in [-0.05, 0) is 69.2 Å². The zero-order chi connectivity index (χ0) is 23.0. The van der Waals surface area contributed by atoms with Gasteiger partial charge in [0.1, 0.15) is 10.6 Å². The highest BCUT2D eigenvalue weighted by molar-refractivity contribution is 7.89. The summed E-state index contributed by atoms with van der Waals surface area (Å²) in [5.41, 5.74) is 1.23. The third kappa shape index (κ3) is 6.22. The summed E-state index contributed by atoms with van der Waals surface area (Å²) in [6.07, 6.45) is 4.45. The molecule has 0 spiro atoms. The summed E-state index contributed by atoms with van der Waals surface area (Å²) >= 11 is 0. The Balaban J connectivity index is 2.08. The lowest BCUT2D eigenvalue weighted by molar-refractivity contribution is 0.281. The van der Waals surface area contributed by atoms with Gasteiger partial charge in [0.25, 0.3) is 0 Å². The summed E-state index contributed by atoms with van der Waals surface area (Å²) in [6.45, 7) is 6.55. The summed E-state index contributed by atoms with van der Waals surface area (Å²) in [4.78, 5) is 4.68. The van der Waals surface area contributed by atoms with Crippen LogP contribution in [0.4, 0.5) is 5.69 Å². The highest BCUT2D eigenvalue weighted by atomic mass is 32.2. The van der Waals surface area contributed by atoms with E-state index in [-0.39, 0.29) is 11.5 Å². The van der Waals surface area contributed by atoms with Gasteiger partial charge in [0.15, 0.2) is 5.75 Å². The zero-order valence-electron chi connectivity index (χ0n) is 19.1. The number of rotatable bonds is 12. The molecule has 0 aromatic heterocycles. The molecular weight excluding hydrogens is 426 g/mol. The molecule has 32 heavy (non-hydrogen) atoms. The molecule has 8 heteroatoms. The van der Waals surface area contributed by atoms with Crippen molar-refractivity contribution in [2.75, 3.05) is 44.7 Å². The van der Waals surface area contributed by atoms with Crippen LogP contribution in [0.5, 0.6) is 11.5 Å². The fourth-order valence-electron chi connectivity index (χ4n) is 3.96. The van der Waals surface area contributed by atoms with Crippen LogP contribution in [0.25, 0.3) is 0 Å². The number of hydrogen-bond donors (Lipinski definition) is 2. The van der Waals surface area contributed by atoms with Crippen molar-refractivity contribution in [2.45, 2.75) is 44.1 Å². The van der Waals surface area contributed by atoms with E-state index in [9.17, 15) is 13.5 Å². The zero-order valence-corrected chi connectivity index (χ0v) is 19.9. The molecular formula is C24H35N3O4S. The van der Waals surface area contributed by atoms with Crippen molar-refractivity contribution in [2.24, 2.45) is 0 Å². The Morgan fingerprint density at radius 2 is 1.84 bits per heavy atom. The minimum absolute atomic E-state index is 0.0353. The maximum absolute atomic E-state index is 12.9. The molecule has 2 N–H and O–H groups in total. The lowest BCUT2D eigenvalue weighted by Gasteiger charge is -2.30. The predicted octanol–water partition coefficient (Wildman–Crippen LogP) is 3.58. The average Bonchev–Trinajstić information content (AvgIpc) is 3.33. The van der Waals surface area contributed by atoms with Crippen molar-refractivity contribution >= 4 is 15.7 Å². The van der Waals surface area contributed by atoms with Crippen molar-refractivity contribution < 1.29 is 18.3 Å². The monoisotopic (exact) mass is 461 g/mol. The number of likely N-dealkylation sites (tertiary alicyclic amines) is 1. The Labute approximate surface area is 192 Å². The quantitative estimate of drug-likeness (QED) is 0.503. The van der Waals surface area contributed by atoms with Crippen molar-refractivity contribution in [3.8, 4) is 11.5 Å².